The highest BCUT2D eigenvalue weighted by atomic mass is 35.5. The van der Waals surface area contributed by atoms with Gasteiger partial charge in [-0.1, -0.05) is 41.4 Å². The van der Waals surface area contributed by atoms with Crippen molar-refractivity contribution >= 4 is 70.1 Å². The molecule has 0 bridgehead atoms. The Labute approximate surface area is 276 Å². The van der Waals surface area contributed by atoms with Crippen molar-refractivity contribution in [3.05, 3.63) is 106 Å². The van der Waals surface area contributed by atoms with E-state index in [-0.39, 0.29) is 35.8 Å². The molecule has 0 aliphatic heterocycles. The molecule has 0 radical (unpaired) electrons. The number of ether oxygens (including phenoxy) is 2. The summed E-state index contributed by atoms with van der Waals surface area (Å²) < 4.78 is 11.3. The standard InChI is InChI=1S/C33H32Cl2N4O5S/c1-33(2,3)44-32(42)36-16-17-43-28-19-24(45-4)12-13-25(28)31(41)39(23-8-6-5-7-9-23)27-14-10-21(34)18-26(27)30(40)38-29-15-11-22(35)20-37-29/h5-15,18-20H,16-17H2,1-4H3,(H,36,42)(H,37,38,40). The fourth-order valence-electron chi connectivity index (χ4n) is 4.14. The van der Waals surface area contributed by atoms with Crippen molar-refractivity contribution in [2.45, 2.75) is 31.3 Å². The molecular formula is C33H32Cl2N4O5S. The number of alkyl carbamates (subject to hydrolysis) is 1. The summed E-state index contributed by atoms with van der Waals surface area (Å²) in [6.45, 7) is 5.55. The molecule has 1 heterocycles. The van der Waals surface area contributed by atoms with Gasteiger partial charge in [-0.3, -0.25) is 14.5 Å². The number of aromatic nitrogens is 1. The van der Waals surface area contributed by atoms with E-state index in [1.54, 1.807) is 81.4 Å². The Hall–Kier alpha value is -4.25. The van der Waals surface area contributed by atoms with Crippen molar-refractivity contribution in [3.8, 4) is 5.75 Å². The molecule has 4 rings (SSSR count). The first kappa shape index (κ1) is 33.6. The minimum atomic E-state index is -0.638. The number of benzene rings is 3. The third-order valence-electron chi connectivity index (χ3n) is 6.08. The van der Waals surface area contributed by atoms with Gasteiger partial charge in [0.05, 0.1) is 28.4 Å². The largest absolute Gasteiger partial charge is 0.491 e. The molecule has 0 spiro atoms. The highest BCUT2D eigenvalue weighted by Gasteiger charge is 2.28. The van der Waals surface area contributed by atoms with Crippen LogP contribution < -0.4 is 20.3 Å². The van der Waals surface area contributed by atoms with Crippen LogP contribution in [0.2, 0.25) is 10.0 Å². The van der Waals surface area contributed by atoms with E-state index in [4.69, 9.17) is 32.7 Å². The number of halogens is 2. The van der Waals surface area contributed by atoms with Gasteiger partial charge in [0, 0.05) is 21.8 Å². The molecule has 12 heteroatoms. The summed E-state index contributed by atoms with van der Waals surface area (Å²) in [6.07, 6.45) is 2.76. The van der Waals surface area contributed by atoms with E-state index in [0.717, 1.165) is 4.90 Å². The van der Waals surface area contributed by atoms with Gasteiger partial charge in [0.25, 0.3) is 11.8 Å². The van der Waals surface area contributed by atoms with E-state index in [2.05, 4.69) is 15.6 Å². The number of carbonyl (C=O) groups excluding carboxylic acids is 3. The van der Waals surface area contributed by atoms with Crippen LogP contribution in [0.15, 0.2) is 90.0 Å². The van der Waals surface area contributed by atoms with Gasteiger partial charge in [-0.2, -0.15) is 0 Å². The average Bonchev–Trinajstić information content (AvgIpc) is 3.00. The van der Waals surface area contributed by atoms with Gasteiger partial charge >= 0.3 is 6.09 Å². The first-order valence-electron chi connectivity index (χ1n) is 13.8. The second kappa shape index (κ2) is 15.2. The number of hydrogen-bond donors (Lipinski definition) is 2. The summed E-state index contributed by atoms with van der Waals surface area (Å²) in [5.41, 5.74) is 0.542. The third kappa shape index (κ3) is 9.37. The fraction of sp³-hybridized carbons (Fsp3) is 0.212. The van der Waals surface area contributed by atoms with Crippen LogP contribution in [0.3, 0.4) is 0 Å². The summed E-state index contributed by atoms with van der Waals surface area (Å²) in [5, 5.41) is 6.12. The number of hydrogen-bond acceptors (Lipinski definition) is 7. The molecule has 45 heavy (non-hydrogen) atoms. The number of nitrogens with zero attached hydrogens (tertiary/aromatic N) is 2. The lowest BCUT2D eigenvalue weighted by Crippen LogP contribution is -2.34. The molecule has 4 aromatic rings. The summed E-state index contributed by atoms with van der Waals surface area (Å²) in [4.78, 5) is 46.6. The van der Waals surface area contributed by atoms with Gasteiger partial charge < -0.3 is 20.1 Å². The minimum Gasteiger partial charge on any atom is -0.491 e. The highest BCUT2D eigenvalue weighted by Crippen LogP contribution is 2.35. The Morgan fingerprint density at radius 2 is 1.64 bits per heavy atom. The quantitative estimate of drug-likeness (QED) is 0.130. The molecule has 234 valence electrons. The molecule has 0 aliphatic carbocycles. The van der Waals surface area contributed by atoms with E-state index in [1.165, 1.54) is 28.9 Å². The van der Waals surface area contributed by atoms with Crippen molar-refractivity contribution < 1.29 is 23.9 Å². The Balaban J connectivity index is 1.69. The van der Waals surface area contributed by atoms with Crippen molar-refractivity contribution in [2.75, 3.05) is 29.6 Å². The Morgan fingerprint density at radius 3 is 2.31 bits per heavy atom. The van der Waals surface area contributed by atoms with Crippen molar-refractivity contribution in [1.29, 1.82) is 0 Å². The Bertz CT molecular complexity index is 1660. The number of thioether (sulfide) groups is 1. The number of anilines is 3. The molecule has 0 fully saturated rings. The lowest BCUT2D eigenvalue weighted by Gasteiger charge is -2.26. The van der Waals surface area contributed by atoms with Crippen LogP contribution in [0.25, 0.3) is 0 Å². The molecule has 9 nitrogen and oxygen atoms in total. The monoisotopic (exact) mass is 666 g/mol. The van der Waals surface area contributed by atoms with Crippen molar-refractivity contribution in [3.63, 3.8) is 0 Å². The van der Waals surface area contributed by atoms with Crippen LogP contribution in [0.5, 0.6) is 5.75 Å². The Morgan fingerprint density at radius 1 is 0.911 bits per heavy atom. The molecule has 0 aliphatic rings. The van der Waals surface area contributed by atoms with E-state index in [1.807, 2.05) is 18.4 Å². The topological polar surface area (TPSA) is 110 Å². The van der Waals surface area contributed by atoms with E-state index in [9.17, 15) is 14.4 Å². The average molecular weight is 668 g/mol. The SMILES string of the molecule is CSc1ccc(C(=O)N(c2ccccc2)c2ccc(Cl)cc2C(=O)Nc2ccc(Cl)cn2)c(OCCNC(=O)OC(C)(C)C)c1. The number of nitrogens with one attached hydrogen (secondary N) is 2. The summed E-state index contributed by atoms with van der Waals surface area (Å²) >= 11 is 13.8. The maximum Gasteiger partial charge on any atom is 0.407 e. The van der Waals surface area contributed by atoms with E-state index < -0.39 is 23.5 Å². The normalized spacial score (nSPS) is 11.0. The molecule has 0 atom stereocenters. The van der Waals surface area contributed by atoms with Crippen LogP contribution in [0.4, 0.5) is 22.0 Å². The zero-order chi connectivity index (χ0) is 32.6. The zero-order valence-electron chi connectivity index (χ0n) is 25.1. The van der Waals surface area contributed by atoms with Gasteiger partial charge in [-0.05, 0) is 87.7 Å². The summed E-state index contributed by atoms with van der Waals surface area (Å²) in [7, 11) is 0. The number of para-hydroxylation sites is 1. The van der Waals surface area contributed by atoms with Crippen LogP contribution in [-0.2, 0) is 4.74 Å². The maximum absolute atomic E-state index is 14.5. The van der Waals surface area contributed by atoms with Gasteiger partial charge in [0.1, 0.15) is 23.8 Å². The fourth-order valence-corrected chi connectivity index (χ4v) is 4.85. The minimum absolute atomic E-state index is 0.0748. The van der Waals surface area contributed by atoms with Gasteiger partial charge in [-0.15, -0.1) is 11.8 Å². The first-order valence-corrected chi connectivity index (χ1v) is 15.8. The molecule has 0 unspecified atom stereocenters. The summed E-state index contributed by atoms with van der Waals surface area (Å²) in [6, 6.07) is 22.1. The van der Waals surface area contributed by atoms with Crippen molar-refractivity contribution in [1.82, 2.24) is 10.3 Å². The van der Waals surface area contributed by atoms with Crippen LogP contribution >= 0.6 is 35.0 Å². The molecular weight excluding hydrogens is 635 g/mol. The maximum atomic E-state index is 14.5. The van der Waals surface area contributed by atoms with Gasteiger partial charge in [0.2, 0.25) is 0 Å². The first-order chi connectivity index (χ1) is 21.4. The number of carbonyl (C=O) groups is 3. The lowest BCUT2D eigenvalue weighted by molar-refractivity contribution is 0.0519. The molecule has 0 saturated heterocycles. The second-order valence-electron chi connectivity index (χ2n) is 10.6. The predicted octanol–water partition coefficient (Wildman–Crippen LogP) is 8.24. The molecule has 0 saturated carbocycles. The Kier molecular flexibility index (Phi) is 11.3. The lowest BCUT2D eigenvalue weighted by atomic mass is 10.1. The second-order valence-corrected chi connectivity index (χ2v) is 12.3. The molecule has 2 N–H and O–H groups in total. The smallest absolute Gasteiger partial charge is 0.407 e. The van der Waals surface area contributed by atoms with Gasteiger partial charge in [-0.25, -0.2) is 9.78 Å². The van der Waals surface area contributed by atoms with Crippen LogP contribution in [-0.4, -0.2) is 47.9 Å². The third-order valence-corrected chi connectivity index (χ3v) is 7.26. The predicted molar refractivity (Wildman–Crippen MR) is 180 cm³/mol. The molecule has 3 amide bonds. The number of rotatable bonds is 10. The molecule has 1 aromatic heterocycles. The van der Waals surface area contributed by atoms with E-state index in [0.29, 0.717) is 21.5 Å². The van der Waals surface area contributed by atoms with E-state index >= 15 is 0 Å². The van der Waals surface area contributed by atoms with Crippen molar-refractivity contribution in [2.24, 2.45) is 0 Å². The van der Waals surface area contributed by atoms with Gasteiger partial charge in [0.15, 0.2) is 0 Å². The number of amides is 3. The molecule has 3 aromatic carbocycles. The summed E-state index contributed by atoms with van der Waals surface area (Å²) in [5.74, 6) is -0.399. The number of pyridine rings is 1. The van der Waals surface area contributed by atoms with Crippen LogP contribution in [0.1, 0.15) is 41.5 Å². The highest BCUT2D eigenvalue weighted by molar-refractivity contribution is 7.98. The van der Waals surface area contributed by atoms with Crippen LogP contribution in [0, 0.1) is 0 Å². The zero-order valence-corrected chi connectivity index (χ0v) is 27.4.